The van der Waals surface area contributed by atoms with Gasteiger partial charge in [0.2, 0.25) is 5.91 Å². The Morgan fingerprint density at radius 3 is 2.81 bits per heavy atom. The molecule has 0 spiro atoms. The van der Waals surface area contributed by atoms with E-state index < -0.39 is 0 Å². The molecular weight excluding hydrogens is 200 g/mol. The van der Waals surface area contributed by atoms with Crippen LogP contribution in [-0.2, 0) is 4.79 Å². The van der Waals surface area contributed by atoms with Crippen LogP contribution < -0.4 is 10.6 Å². The first kappa shape index (κ1) is 11.1. The summed E-state index contributed by atoms with van der Waals surface area (Å²) < 4.78 is 0. The van der Waals surface area contributed by atoms with Crippen molar-refractivity contribution in [3.63, 3.8) is 0 Å². The minimum absolute atomic E-state index is 0.125. The number of amides is 1. The molecule has 1 aromatic carbocycles. The van der Waals surface area contributed by atoms with Crippen LogP contribution in [0.2, 0.25) is 0 Å². The van der Waals surface area contributed by atoms with Crippen LogP contribution in [0.15, 0.2) is 18.2 Å². The third-order valence-electron chi connectivity index (χ3n) is 3.01. The van der Waals surface area contributed by atoms with Crippen molar-refractivity contribution in [3.05, 3.63) is 29.3 Å². The lowest BCUT2D eigenvalue weighted by molar-refractivity contribution is -0.117. The Bertz CT molecular complexity index is 397. The first-order chi connectivity index (χ1) is 7.65. The Labute approximate surface area is 96.2 Å². The summed E-state index contributed by atoms with van der Waals surface area (Å²) in [4.78, 5) is 11.7. The molecule has 0 unspecified atom stereocenters. The summed E-state index contributed by atoms with van der Waals surface area (Å²) >= 11 is 0. The maximum Gasteiger partial charge on any atom is 0.224 e. The zero-order chi connectivity index (χ0) is 11.5. The molecule has 1 amide bonds. The predicted molar refractivity (Wildman–Crippen MR) is 65.5 cm³/mol. The maximum absolute atomic E-state index is 11.7. The molecule has 0 radical (unpaired) electrons. The molecule has 0 saturated carbocycles. The third-order valence-corrected chi connectivity index (χ3v) is 3.01. The van der Waals surface area contributed by atoms with Gasteiger partial charge in [-0.3, -0.25) is 4.79 Å². The highest BCUT2D eigenvalue weighted by molar-refractivity contribution is 5.91. The highest BCUT2D eigenvalue weighted by Gasteiger charge is 2.20. The Kier molecular flexibility index (Phi) is 3.25. The van der Waals surface area contributed by atoms with Crippen LogP contribution in [0.3, 0.4) is 0 Å². The third kappa shape index (κ3) is 2.61. The van der Waals surface area contributed by atoms with E-state index in [1.54, 1.807) is 0 Å². The van der Waals surface area contributed by atoms with Gasteiger partial charge in [0.15, 0.2) is 0 Å². The van der Waals surface area contributed by atoms with E-state index in [-0.39, 0.29) is 5.91 Å². The monoisotopic (exact) mass is 218 g/mol. The normalized spacial score (nSPS) is 15.6. The van der Waals surface area contributed by atoms with E-state index in [2.05, 4.69) is 16.7 Å². The van der Waals surface area contributed by atoms with Crippen molar-refractivity contribution in [2.45, 2.75) is 20.3 Å². The molecule has 1 aliphatic rings. The highest BCUT2D eigenvalue weighted by atomic mass is 16.1. The van der Waals surface area contributed by atoms with Crippen molar-refractivity contribution >= 4 is 11.6 Å². The molecule has 1 aromatic rings. The lowest BCUT2D eigenvalue weighted by Crippen LogP contribution is -2.43. The first-order valence-corrected chi connectivity index (χ1v) is 5.73. The number of nitrogens with one attached hydrogen (secondary N) is 2. The SMILES string of the molecule is Cc1ccc(C)c(NC(=O)CC2CNC2)c1. The van der Waals surface area contributed by atoms with Gasteiger partial charge in [-0.15, -0.1) is 0 Å². The van der Waals surface area contributed by atoms with Gasteiger partial charge in [-0.2, -0.15) is 0 Å². The molecule has 3 nitrogen and oxygen atoms in total. The van der Waals surface area contributed by atoms with Gasteiger partial charge in [-0.05, 0) is 50.0 Å². The van der Waals surface area contributed by atoms with E-state index in [0.29, 0.717) is 12.3 Å². The van der Waals surface area contributed by atoms with Crippen LogP contribution in [0.4, 0.5) is 5.69 Å². The number of rotatable bonds is 3. The summed E-state index contributed by atoms with van der Waals surface area (Å²) in [7, 11) is 0. The molecule has 1 heterocycles. The number of aryl methyl sites for hydroxylation is 2. The van der Waals surface area contributed by atoms with Crippen molar-refractivity contribution in [2.24, 2.45) is 5.92 Å². The molecule has 86 valence electrons. The molecule has 1 saturated heterocycles. The summed E-state index contributed by atoms with van der Waals surface area (Å²) in [5.74, 6) is 0.644. The summed E-state index contributed by atoms with van der Waals surface area (Å²) in [6.07, 6.45) is 0.625. The second-order valence-corrected chi connectivity index (χ2v) is 4.59. The van der Waals surface area contributed by atoms with Crippen LogP contribution >= 0.6 is 0 Å². The molecule has 0 aliphatic carbocycles. The van der Waals surface area contributed by atoms with Crippen LogP contribution in [0.1, 0.15) is 17.5 Å². The van der Waals surface area contributed by atoms with E-state index in [1.807, 2.05) is 26.0 Å². The Hall–Kier alpha value is -1.35. The Morgan fingerprint density at radius 1 is 1.44 bits per heavy atom. The minimum Gasteiger partial charge on any atom is -0.326 e. The number of hydrogen-bond donors (Lipinski definition) is 2. The highest BCUT2D eigenvalue weighted by Crippen LogP contribution is 2.17. The molecule has 2 rings (SSSR count). The van der Waals surface area contributed by atoms with Crippen LogP contribution in [-0.4, -0.2) is 19.0 Å². The van der Waals surface area contributed by atoms with Gasteiger partial charge in [0.05, 0.1) is 0 Å². The zero-order valence-electron chi connectivity index (χ0n) is 9.84. The molecule has 1 fully saturated rings. The molecule has 0 atom stereocenters. The molecule has 3 heteroatoms. The Balaban J connectivity index is 1.96. The average Bonchev–Trinajstić information content (AvgIpc) is 2.18. The summed E-state index contributed by atoms with van der Waals surface area (Å²) in [5, 5.41) is 6.15. The number of benzene rings is 1. The van der Waals surface area contributed by atoms with Crippen molar-refractivity contribution in [3.8, 4) is 0 Å². The number of hydrogen-bond acceptors (Lipinski definition) is 2. The van der Waals surface area contributed by atoms with Crippen molar-refractivity contribution in [1.29, 1.82) is 0 Å². The minimum atomic E-state index is 0.125. The summed E-state index contributed by atoms with van der Waals surface area (Å²) in [6.45, 7) is 5.99. The van der Waals surface area contributed by atoms with Gasteiger partial charge in [0.25, 0.3) is 0 Å². The maximum atomic E-state index is 11.7. The molecular formula is C13H18N2O. The Morgan fingerprint density at radius 2 is 2.19 bits per heavy atom. The van der Waals surface area contributed by atoms with Gasteiger partial charge in [0.1, 0.15) is 0 Å². The molecule has 0 bridgehead atoms. The first-order valence-electron chi connectivity index (χ1n) is 5.73. The molecule has 16 heavy (non-hydrogen) atoms. The van der Waals surface area contributed by atoms with Crippen molar-refractivity contribution < 1.29 is 4.79 Å². The van der Waals surface area contributed by atoms with E-state index in [4.69, 9.17) is 0 Å². The lowest BCUT2D eigenvalue weighted by atomic mass is 9.99. The lowest BCUT2D eigenvalue weighted by Gasteiger charge is -2.26. The quantitative estimate of drug-likeness (QED) is 0.813. The summed E-state index contributed by atoms with van der Waals surface area (Å²) in [5.41, 5.74) is 3.23. The van der Waals surface area contributed by atoms with E-state index >= 15 is 0 Å². The van der Waals surface area contributed by atoms with E-state index in [1.165, 1.54) is 5.56 Å². The second kappa shape index (κ2) is 4.66. The van der Waals surface area contributed by atoms with Gasteiger partial charge >= 0.3 is 0 Å². The fourth-order valence-corrected chi connectivity index (χ4v) is 1.83. The van der Waals surface area contributed by atoms with Crippen LogP contribution in [0, 0.1) is 19.8 Å². The second-order valence-electron chi connectivity index (χ2n) is 4.59. The fourth-order valence-electron chi connectivity index (χ4n) is 1.83. The van der Waals surface area contributed by atoms with Crippen molar-refractivity contribution in [2.75, 3.05) is 18.4 Å². The molecule has 1 aliphatic heterocycles. The van der Waals surface area contributed by atoms with Gasteiger partial charge in [-0.1, -0.05) is 12.1 Å². The van der Waals surface area contributed by atoms with Gasteiger partial charge < -0.3 is 10.6 Å². The van der Waals surface area contributed by atoms with E-state index in [0.717, 1.165) is 24.3 Å². The van der Waals surface area contributed by atoms with Crippen molar-refractivity contribution in [1.82, 2.24) is 5.32 Å². The van der Waals surface area contributed by atoms with E-state index in [9.17, 15) is 4.79 Å². The number of anilines is 1. The van der Waals surface area contributed by atoms with Gasteiger partial charge in [0, 0.05) is 12.1 Å². The van der Waals surface area contributed by atoms with Crippen LogP contribution in [0.5, 0.6) is 0 Å². The summed E-state index contributed by atoms with van der Waals surface area (Å²) in [6, 6.07) is 6.11. The topological polar surface area (TPSA) is 41.1 Å². The number of carbonyl (C=O) groups is 1. The molecule has 2 N–H and O–H groups in total. The predicted octanol–water partition coefficient (Wildman–Crippen LogP) is 1.85. The smallest absolute Gasteiger partial charge is 0.224 e. The zero-order valence-corrected chi connectivity index (χ0v) is 9.84. The number of carbonyl (C=O) groups excluding carboxylic acids is 1. The van der Waals surface area contributed by atoms with Gasteiger partial charge in [-0.25, -0.2) is 0 Å². The molecule has 0 aromatic heterocycles. The standard InChI is InChI=1S/C13H18N2O/c1-9-3-4-10(2)12(5-9)15-13(16)6-11-7-14-8-11/h3-5,11,14H,6-8H2,1-2H3,(H,15,16). The largest absolute Gasteiger partial charge is 0.326 e. The average molecular weight is 218 g/mol. The van der Waals surface area contributed by atoms with Crippen LogP contribution in [0.25, 0.3) is 0 Å². The fraction of sp³-hybridized carbons (Fsp3) is 0.462.